The lowest BCUT2D eigenvalue weighted by Crippen LogP contribution is -2.59. The molecule has 5 rings (SSSR count). The summed E-state index contributed by atoms with van der Waals surface area (Å²) in [5.41, 5.74) is -0.747. The van der Waals surface area contributed by atoms with Crippen LogP contribution in [0.4, 0.5) is 0 Å². The van der Waals surface area contributed by atoms with Crippen molar-refractivity contribution in [1.82, 2.24) is 24.8 Å². The Balaban J connectivity index is 1.58. The second kappa shape index (κ2) is 11.0. The Morgan fingerprint density at radius 1 is 1.27 bits per heavy atom. The highest BCUT2D eigenvalue weighted by molar-refractivity contribution is 5.98. The summed E-state index contributed by atoms with van der Waals surface area (Å²) in [5, 5.41) is 19.0. The lowest BCUT2D eigenvalue weighted by atomic mass is 9.66. The van der Waals surface area contributed by atoms with Crippen LogP contribution in [0.15, 0.2) is 49.6 Å². The molecule has 1 aromatic heterocycles. The van der Waals surface area contributed by atoms with Gasteiger partial charge in [0.2, 0.25) is 11.8 Å². The molecule has 3 saturated heterocycles. The second-order valence-electron chi connectivity index (χ2n) is 11.9. The van der Waals surface area contributed by atoms with Gasteiger partial charge in [-0.3, -0.25) is 14.4 Å². The van der Waals surface area contributed by atoms with Crippen molar-refractivity contribution in [3.63, 3.8) is 0 Å². The van der Waals surface area contributed by atoms with E-state index in [1.165, 1.54) is 11.0 Å². The van der Waals surface area contributed by atoms with Gasteiger partial charge in [0.05, 0.1) is 29.7 Å². The van der Waals surface area contributed by atoms with E-state index in [0.29, 0.717) is 24.8 Å². The van der Waals surface area contributed by atoms with E-state index in [1.54, 1.807) is 15.7 Å². The monoisotopic (exact) mass is 565 g/mol. The minimum atomic E-state index is -1.24. The van der Waals surface area contributed by atoms with Crippen molar-refractivity contribution in [2.75, 3.05) is 19.8 Å². The molecule has 0 aliphatic carbocycles. The first-order valence-corrected chi connectivity index (χ1v) is 14.2. The summed E-state index contributed by atoms with van der Waals surface area (Å²) in [6.45, 7) is 13.2. The average Bonchev–Trinajstić information content (AvgIpc) is 3.65. The number of benzene rings is 1. The minimum Gasteiger partial charge on any atom is -0.461 e. The molecule has 2 amide bonds. The Hall–Kier alpha value is -3.57. The summed E-state index contributed by atoms with van der Waals surface area (Å²) in [5.74, 6) is -2.91. The molecule has 3 aliphatic rings. The zero-order valence-corrected chi connectivity index (χ0v) is 23.9. The number of likely N-dealkylation sites (tertiary alicyclic amines) is 1. The molecule has 1 spiro atoms. The molecule has 4 heterocycles. The summed E-state index contributed by atoms with van der Waals surface area (Å²) >= 11 is 0. The fraction of sp³-hybridized carbons (Fsp3) is 0.567. The van der Waals surface area contributed by atoms with Gasteiger partial charge in [0.25, 0.3) is 0 Å². The number of carbonyl (C=O) groups excluding carboxylic acids is 3. The summed E-state index contributed by atoms with van der Waals surface area (Å²) in [6, 6.07) is 5.77. The van der Waals surface area contributed by atoms with Crippen molar-refractivity contribution in [2.45, 2.75) is 70.0 Å². The van der Waals surface area contributed by atoms with E-state index >= 15 is 0 Å². The number of nitrogens with zero attached hydrogens (tertiary/aromatic N) is 5. The van der Waals surface area contributed by atoms with Crippen molar-refractivity contribution >= 4 is 28.8 Å². The van der Waals surface area contributed by atoms with Gasteiger partial charge in [0.1, 0.15) is 36.4 Å². The van der Waals surface area contributed by atoms with Gasteiger partial charge in [-0.1, -0.05) is 49.9 Å². The largest absolute Gasteiger partial charge is 0.461 e. The van der Waals surface area contributed by atoms with Crippen LogP contribution in [0.3, 0.4) is 0 Å². The molecule has 2 bridgehead atoms. The topological polar surface area (TPSA) is 127 Å². The maximum atomic E-state index is 14.7. The van der Waals surface area contributed by atoms with E-state index in [9.17, 15) is 19.5 Å². The van der Waals surface area contributed by atoms with E-state index in [0.717, 1.165) is 5.52 Å². The van der Waals surface area contributed by atoms with Gasteiger partial charge in [-0.25, -0.2) is 4.68 Å². The predicted molar refractivity (Wildman–Crippen MR) is 150 cm³/mol. The van der Waals surface area contributed by atoms with E-state index in [2.05, 4.69) is 23.5 Å². The summed E-state index contributed by atoms with van der Waals surface area (Å²) in [4.78, 5) is 45.5. The molecular formula is C30H39N5O6. The third-order valence-electron chi connectivity index (χ3n) is 8.78. The SMILES string of the molecule is C=CCOC(=O)[C@@H]1[C@H]2C(=O)N([C@@H](CO)CC(C)C)C(C(=O)N(CC=C)Cn3nnc4ccccc43)C23CC[C@@]1(C)O3. The quantitative estimate of drug-likeness (QED) is 0.307. The van der Waals surface area contributed by atoms with Crippen LogP contribution in [0.2, 0.25) is 0 Å². The number of ether oxygens (including phenoxy) is 2. The van der Waals surface area contributed by atoms with Crippen molar-refractivity contribution < 1.29 is 29.0 Å². The van der Waals surface area contributed by atoms with E-state index in [4.69, 9.17) is 9.47 Å². The highest BCUT2D eigenvalue weighted by atomic mass is 16.6. The minimum absolute atomic E-state index is 0.0109. The fourth-order valence-electron chi connectivity index (χ4n) is 7.17. The highest BCUT2D eigenvalue weighted by Crippen LogP contribution is 2.63. The maximum absolute atomic E-state index is 14.7. The van der Waals surface area contributed by atoms with Crippen molar-refractivity contribution in [3.8, 4) is 0 Å². The Morgan fingerprint density at radius 2 is 2.02 bits per heavy atom. The lowest BCUT2D eigenvalue weighted by Gasteiger charge is -2.39. The van der Waals surface area contributed by atoms with E-state index < -0.39 is 41.1 Å². The number of amides is 2. The molecular weight excluding hydrogens is 526 g/mol. The van der Waals surface area contributed by atoms with Gasteiger partial charge in [-0.05, 0) is 44.2 Å². The molecule has 220 valence electrons. The van der Waals surface area contributed by atoms with Crippen molar-refractivity contribution in [1.29, 1.82) is 0 Å². The third-order valence-corrected chi connectivity index (χ3v) is 8.78. The number of aliphatic hydroxyl groups is 1. The standard InChI is InChI=1S/C30H39N5O6/c1-6-14-33(18-34-22-11-9-8-10-21(22)31-32-34)27(38)25-30-13-12-29(5,41-30)24(28(39)40-15-7-2)23(30)26(37)35(25)20(17-36)16-19(3)4/h6-11,19-20,23-25,36H,1-2,12-18H2,3-5H3/t20-,23+,24+,25?,29-,30?/m1/s1. The molecule has 1 N–H and O–H groups in total. The van der Waals surface area contributed by atoms with Gasteiger partial charge in [-0.15, -0.1) is 11.7 Å². The fourth-order valence-corrected chi connectivity index (χ4v) is 7.17. The molecule has 41 heavy (non-hydrogen) atoms. The number of rotatable bonds is 12. The number of carbonyl (C=O) groups is 3. The van der Waals surface area contributed by atoms with E-state index in [-0.39, 0.29) is 44.2 Å². The highest BCUT2D eigenvalue weighted by Gasteiger charge is 2.79. The van der Waals surface area contributed by atoms with Gasteiger partial charge >= 0.3 is 5.97 Å². The molecule has 11 heteroatoms. The van der Waals surface area contributed by atoms with Crippen molar-refractivity contribution in [3.05, 3.63) is 49.6 Å². The number of aliphatic hydroxyl groups excluding tert-OH is 1. The number of fused-ring (bicyclic) bond motifs is 2. The molecule has 2 aromatic rings. The van der Waals surface area contributed by atoms with Crippen LogP contribution in [0.25, 0.3) is 11.0 Å². The molecule has 3 aliphatic heterocycles. The van der Waals surface area contributed by atoms with Crippen LogP contribution in [-0.2, 0) is 30.5 Å². The van der Waals surface area contributed by atoms with Gasteiger partial charge in [-0.2, -0.15) is 0 Å². The third kappa shape index (κ3) is 4.64. The van der Waals surface area contributed by atoms with E-state index in [1.807, 2.05) is 45.0 Å². The van der Waals surface area contributed by atoms with Crippen LogP contribution < -0.4 is 0 Å². The Kier molecular flexibility index (Phi) is 7.78. The van der Waals surface area contributed by atoms with Gasteiger partial charge in [0, 0.05) is 6.54 Å². The summed E-state index contributed by atoms with van der Waals surface area (Å²) in [7, 11) is 0. The number of hydrogen-bond acceptors (Lipinski definition) is 8. The van der Waals surface area contributed by atoms with Gasteiger partial charge in [0.15, 0.2) is 0 Å². The zero-order chi connectivity index (χ0) is 29.5. The maximum Gasteiger partial charge on any atom is 0.313 e. The Bertz CT molecular complexity index is 1360. The normalized spacial score (nSPS) is 29.1. The first-order valence-electron chi connectivity index (χ1n) is 14.2. The predicted octanol–water partition coefficient (Wildman–Crippen LogP) is 2.30. The van der Waals surface area contributed by atoms with Crippen LogP contribution in [0, 0.1) is 17.8 Å². The van der Waals surface area contributed by atoms with Crippen LogP contribution >= 0.6 is 0 Å². The Morgan fingerprint density at radius 3 is 2.71 bits per heavy atom. The molecule has 0 radical (unpaired) electrons. The number of aromatic nitrogens is 3. The molecule has 2 unspecified atom stereocenters. The molecule has 11 nitrogen and oxygen atoms in total. The zero-order valence-electron chi connectivity index (χ0n) is 23.9. The van der Waals surface area contributed by atoms with Crippen LogP contribution in [-0.4, -0.2) is 90.7 Å². The summed E-state index contributed by atoms with van der Waals surface area (Å²) < 4.78 is 13.7. The number of esters is 1. The smallest absolute Gasteiger partial charge is 0.313 e. The number of para-hydroxylation sites is 1. The van der Waals surface area contributed by atoms with Crippen LogP contribution in [0.1, 0.15) is 40.0 Å². The second-order valence-corrected chi connectivity index (χ2v) is 11.9. The summed E-state index contributed by atoms with van der Waals surface area (Å²) in [6.07, 6.45) is 4.49. The molecule has 1 aromatic carbocycles. The lowest BCUT2D eigenvalue weighted by molar-refractivity contribution is -0.161. The number of hydrogen-bond donors (Lipinski definition) is 1. The average molecular weight is 566 g/mol. The Labute approximate surface area is 239 Å². The van der Waals surface area contributed by atoms with Crippen LogP contribution in [0.5, 0.6) is 0 Å². The molecule has 0 saturated carbocycles. The van der Waals surface area contributed by atoms with Gasteiger partial charge < -0.3 is 24.4 Å². The molecule has 6 atom stereocenters. The molecule has 3 fully saturated rings. The first-order chi connectivity index (χ1) is 19.6. The first kappa shape index (κ1) is 28.9. The van der Waals surface area contributed by atoms with Crippen molar-refractivity contribution in [2.24, 2.45) is 17.8 Å².